The van der Waals surface area contributed by atoms with Crippen LogP contribution in [0.2, 0.25) is 0 Å². The average molecular weight is 312 g/mol. The summed E-state index contributed by atoms with van der Waals surface area (Å²) in [6.45, 7) is 6.06. The Morgan fingerprint density at radius 3 is 2.23 bits per heavy atom. The Balaban J connectivity index is 2.45. The monoisotopic (exact) mass is 312 g/mol. The first-order chi connectivity index (χ1) is 10.4. The van der Waals surface area contributed by atoms with E-state index in [4.69, 9.17) is 4.74 Å². The molecular weight excluding hydrogens is 280 g/mol. The highest BCUT2D eigenvalue weighted by Crippen LogP contribution is 2.33. The first kappa shape index (κ1) is 19.0. The Labute approximate surface area is 134 Å². The van der Waals surface area contributed by atoms with Crippen molar-refractivity contribution in [2.24, 2.45) is 11.8 Å². The molecule has 1 aliphatic rings. The van der Waals surface area contributed by atoms with Crippen LogP contribution >= 0.6 is 0 Å². The molecule has 0 aliphatic heterocycles. The zero-order valence-electron chi connectivity index (χ0n) is 14.4. The fourth-order valence-corrected chi connectivity index (χ4v) is 3.26. The maximum Gasteiger partial charge on any atom is 0.310 e. The van der Waals surface area contributed by atoms with Crippen LogP contribution in [0.4, 0.5) is 0 Å². The lowest BCUT2D eigenvalue weighted by atomic mass is 9.79. The molecule has 0 spiro atoms. The number of unbranched alkanes of at least 4 members (excludes halogenated alkanes) is 4. The van der Waals surface area contributed by atoms with Crippen molar-refractivity contribution in [3.8, 4) is 0 Å². The molecule has 0 heterocycles. The Bertz CT molecular complexity index is 362. The molecule has 0 radical (unpaired) electrons. The predicted molar refractivity (Wildman–Crippen MR) is 86.6 cm³/mol. The van der Waals surface area contributed by atoms with Crippen LogP contribution in [0.1, 0.15) is 85.0 Å². The van der Waals surface area contributed by atoms with E-state index in [1.54, 1.807) is 0 Å². The van der Waals surface area contributed by atoms with Gasteiger partial charge >= 0.3 is 11.9 Å². The number of carbonyl (C=O) groups is 2. The minimum atomic E-state index is -0.862. The molecular formula is C18H32O4. The number of carboxylic acids is 1. The molecule has 0 bridgehead atoms. The smallest absolute Gasteiger partial charge is 0.310 e. The molecule has 0 saturated heterocycles. The summed E-state index contributed by atoms with van der Waals surface area (Å²) in [7, 11) is 0. The van der Waals surface area contributed by atoms with Crippen LogP contribution in [-0.2, 0) is 14.3 Å². The van der Waals surface area contributed by atoms with E-state index in [2.05, 4.69) is 6.92 Å². The molecule has 1 fully saturated rings. The first-order valence-corrected chi connectivity index (χ1v) is 8.83. The number of carboxylic acid groups (broad SMARTS) is 1. The molecule has 1 rings (SSSR count). The van der Waals surface area contributed by atoms with E-state index in [0.29, 0.717) is 12.8 Å². The van der Waals surface area contributed by atoms with E-state index in [1.165, 1.54) is 19.3 Å². The third-order valence-corrected chi connectivity index (χ3v) is 4.65. The van der Waals surface area contributed by atoms with Crippen molar-refractivity contribution in [2.75, 3.05) is 0 Å². The molecule has 0 aromatic heterocycles. The lowest BCUT2D eigenvalue weighted by Gasteiger charge is -2.32. The number of carbonyl (C=O) groups excluding carboxylic acids is 1. The van der Waals surface area contributed by atoms with Crippen LogP contribution < -0.4 is 0 Å². The van der Waals surface area contributed by atoms with Gasteiger partial charge in [-0.15, -0.1) is 0 Å². The lowest BCUT2D eigenvalue weighted by Crippen LogP contribution is -2.38. The fraction of sp³-hybridized carbons (Fsp3) is 0.889. The zero-order valence-corrected chi connectivity index (χ0v) is 14.4. The van der Waals surface area contributed by atoms with E-state index < -0.39 is 23.4 Å². The fourth-order valence-electron chi connectivity index (χ4n) is 3.26. The highest BCUT2D eigenvalue weighted by Gasteiger charge is 2.38. The summed E-state index contributed by atoms with van der Waals surface area (Å²) in [5.74, 6) is -2.21. The number of hydrogen-bond acceptors (Lipinski definition) is 3. The average Bonchev–Trinajstić information content (AvgIpc) is 2.46. The normalized spacial score (nSPS) is 22.3. The zero-order chi connectivity index (χ0) is 16.6. The van der Waals surface area contributed by atoms with Gasteiger partial charge in [-0.3, -0.25) is 9.59 Å². The second kappa shape index (κ2) is 9.16. The summed E-state index contributed by atoms with van der Waals surface area (Å²) in [4.78, 5) is 23.7. The number of ether oxygens (including phenoxy) is 1. The summed E-state index contributed by atoms with van der Waals surface area (Å²) in [6, 6.07) is 0. The van der Waals surface area contributed by atoms with Gasteiger partial charge in [0.05, 0.1) is 11.8 Å². The van der Waals surface area contributed by atoms with Gasteiger partial charge < -0.3 is 9.84 Å². The molecule has 1 aliphatic carbocycles. The highest BCUT2D eigenvalue weighted by atomic mass is 16.6. The Hall–Kier alpha value is -1.06. The number of esters is 1. The Morgan fingerprint density at radius 1 is 1.05 bits per heavy atom. The molecule has 2 unspecified atom stereocenters. The Morgan fingerprint density at radius 2 is 1.64 bits per heavy atom. The summed E-state index contributed by atoms with van der Waals surface area (Å²) in [6.07, 6.45) is 9.79. The van der Waals surface area contributed by atoms with Crippen molar-refractivity contribution in [1.82, 2.24) is 0 Å². The summed E-state index contributed by atoms with van der Waals surface area (Å²) >= 11 is 0. The number of hydrogen-bond donors (Lipinski definition) is 1. The quantitative estimate of drug-likeness (QED) is 0.501. The van der Waals surface area contributed by atoms with Crippen molar-refractivity contribution >= 4 is 11.9 Å². The topological polar surface area (TPSA) is 63.6 Å². The maximum atomic E-state index is 12.4. The third kappa shape index (κ3) is 6.37. The van der Waals surface area contributed by atoms with E-state index in [1.807, 2.05) is 13.8 Å². The second-order valence-corrected chi connectivity index (χ2v) is 7.18. The Kier molecular flexibility index (Phi) is 7.91. The SMILES string of the molecule is CCCCCCCC(C)(C)OC(=O)C1CCCCC1C(=O)O. The minimum Gasteiger partial charge on any atom is -0.481 e. The van der Waals surface area contributed by atoms with Gasteiger partial charge in [0.1, 0.15) is 5.60 Å². The molecule has 1 N–H and O–H groups in total. The van der Waals surface area contributed by atoms with Crippen LogP contribution in [0.25, 0.3) is 0 Å². The van der Waals surface area contributed by atoms with Crippen LogP contribution in [0, 0.1) is 11.8 Å². The van der Waals surface area contributed by atoms with Gasteiger partial charge in [0, 0.05) is 0 Å². The van der Waals surface area contributed by atoms with Gasteiger partial charge in [-0.2, -0.15) is 0 Å². The van der Waals surface area contributed by atoms with Crippen LogP contribution in [-0.4, -0.2) is 22.6 Å². The molecule has 0 amide bonds. The predicted octanol–water partition coefficient (Wildman–Crippen LogP) is 4.56. The van der Waals surface area contributed by atoms with Crippen molar-refractivity contribution in [1.29, 1.82) is 0 Å². The van der Waals surface area contributed by atoms with Crippen LogP contribution in [0.15, 0.2) is 0 Å². The van der Waals surface area contributed by atoms with E-state index in [0.717, 1.165) is 32.1 Å². The molecule has 1 saturated carbocycles. The highest BCUT2D eigenvalue weighted by molar-refractivity contribution is 5.81. The van der Waals surface area contributed by atoms with E-state index in [-0.39, 0.29) is 5.97 Å². The molecule has 2 atom stereocenters. The summed E-state index contributed by atoms with van der Waals surface area (Å²) < 4.78 is 5.66. The van der Waals surface area contributed by atoms with Gasteiger partial charge in [0.25, 0.3) is 0 Å². The maximum absolute atomic E-state index is 12.4. The molecule has 4 nitrogen and oxygen atoms in total. The van der Waals surface area contributed by atoms with Gasteiger partial charge in [0.15, 0.2) is 0 Å². The first-order valence-electron chi connectivity index (χ1n) is 8.83. The molecule has 4 heteroatoms. The van der Waals surface area contributed by atoms with Crippen molar-refractivity contribution in [3.05, 3.63) is 0 Å². The second-order valence-electron chi connectivity index (χ2n) is 7.18. The van der Waals surface area contributed by atoms with E-state index >= 15 is 0 Å². The number of aliphatic carboxylic acids is 1. The third-order valence-electron chi connectivity index (χ3n) is 4.65. The van der Waals surface area contributed by atoms with Crippen LogP contribution in [0.5, 0.6) is 0 Å². The van der Waals surface area contributed by atoms with Crippen molar-refractivity contribution < 1.29 is 19.4 Å². The summed E-state index contributed by atoms with van der Waals surface area (Å²) in [5.41, 5.74) is -0.496. The standard InChI is InChI=1S/C18H32O4/c1-4-5-6-7-10-13-18(2,3)22-17(21)15-12-9-8-11-14(15)16(19)20/h14-15H,4-13H2,1-3H3,(H,19,20). The van der Waals surface area contributed by atoms with Gasteiger partial charge in [-0.1, -0.05) is 45.4 Å². The molecule has 0 aromatic rings. The van der Waals surface area contributed by atoms with Gasteiger partial charge in [-0.05, 0) is 39.5 Å². The largest absolute Gasteiger partial charge is 0.481 e. The van der Waals surface area contributed by atoms with Crippen LogP contribution in [0.3, 0.4) is 0 Å². The van der Waals surface area contributed by atoms with Gasteiger partial charge in [0.2, 0.25) is 0 Å². The molecule has 128 valence electrons. The molecule has 0 aromatic carbocycles. The minimum absolute atomic E-state index is 0.314. The van der Waals surface area contributed by atoms with Gasteiger partial charge in [-0.25, -0.2) is 0 Å². The lowest BCUT2D eigenvalue weighted by molar-refractivity contribution is -0.170. The van der Waals surface area contributed by atoms with Crippen molar-refractivity contribution in [3.63, 3.8) is 0 Å². The number of rotatable bonds is 9. The van der Waals surface area contributed by atoms with E-state index in [9.17, 15) is 14.7 Å². The molecule has 22 heavy (non-hydrogen) atoms. The van der Waals surface area contributed by atoms with Crippen molar-refractivity contribution in [2.45, 2.75) is 90.6 Å². The summed E-state index contributed by atoms with van der Waals surface area (Å²) in [5, 5.41) is 9.27.